The molecule has 9 heteroatoms. The van der Waals surface area contributed by atoms with Gasteiger partial charge in [0.05, 0.1) is 18.5 Å². The molecule has 152 valence electrons. The molecule has 0 saturated carbocycles. The van der Waals surface area contributed by atoms with Crippen LogP contribution in [0.5, 0.6) is 0 Å². The monoisotopic (exact) mass is 397 g/mol. The Balaban J connectivity index is 2.26. The van der Waals surface area contributed by atoms with Gasteiger partial charge in [-0.05, 0) is 37.6 Å². The summed E-state index contributed by atoms with van der Waals surface area (Å²) in [6.07, 6.45) is -1.09. The molecule has 28 heavy (non-hydrogen) atoms. The molecule has 0 unspecified atom stereocenters. The normalized spacial score (nSPS) is 11.3. The van der Waals surface area contributed by atoms with E-state index in [-0.39, 0.29) is 18.2 Å². The quantitative estimate of drug-likeness (QED) is 0.540. The van der Waals surface area contributed by atoms with Crippen LogP contribution >= 0.6 is 0 Å². The van der Waals surface area contributed by atoms with Crippen molar-refractivity contribution < 1.29 is 27.5 Å². The number of alkyl halides is 3. The van der Waals surface area contributed by atoms with Crippen molar-refractivity contribution >= 4 is 11.9 Å². The maximum atomic E-state index is 13.5. The summed E-state index contributed by atoms with van der Waals surface area (Å²) in [6.45, 7) is 4.04. The van der Waals surface area contributed by atoms with Crippen molar-refractivity contribution in [3.8, 4) is 5.69 Å². The molecule has 6 nitrogen and oxygen atoms in total. The number of benzene rings is 1. The van der Waals surface area contributed by atoms with Crippen LogP contribution in [0.4, 0.5) is 13.2 Å². The molecule has 0 fully saturated rings. The largest absolute Gasteiger partial charge is 0.462 e. The molecule has 1 N–H and O–H groups in total. The number of carbonyl (C=O) groups excluding carboxylic acids is 2. The summed E-state index contributed by atoms with van der Waals surface area (Å²) >= 11 is 0. The predicted octanol–water partition coefficient (Wildman–Crippen LogP) is 3.99. The zero-order chi connectivity index (χ0) is 20.7. The molecule has 0 bridgehead atoms. The fourth-order valence-corrected chi connectivity index (χ4v) is 2.61. The van der Waals surface area contributed by atoms with E-state index in [2.05, 4.69) is 22.1 Å². The van der Waals surface area contributed by atoms with Gasteiger partial charge in [0.25, 0.3) is 5.91 Å². The number of nitrogens with one attached hydrogen (secondary N) is 1. The number of esters is 1. The lowest BCUT2D eigenvalue weighted by Crippen LogP contribution is -2.24. The maximum absolute atomic E-state index is 13.5. The SMILES string of the molecule is CCCCCNC(=O)c1ccc(-n2ncc(C(=O)OCC)c2C(F)(F)F)cc1. The van der Waals surface area contributed by atoms with E-state index >= 15 is 0 Å². The van der Waals surface area contributed by atoms with Crippen LogP contribution in [-0.2, 0) is 10.9 Å². The second kappa shape index (κ2) is 9.38. The fourth-order valence-electron chi connectivity index (χ4n) is 2.61. The maximum Gasteiger partial charge on any atom is 0.434 e. The molecule has 1 aromatic carbocycles. The third kappa shape index (κ3) is 5.11. The Labute approximate surface area is 160 Å². The summed E-state index contributed by atoms with van der Waals surface area (Å²) in [4.78, 5) is 23.9. The molecule has 0 aliphatic carbocycles. The third-order valence-corrected chi connectivity index (χ3v) is 3.97. The average Bonchev–Trinajstić information content (AvgIpc) is 3.11. The second-order valence-electron chi connectivity index (χ2n) is 6.05. The fraction of sp³-hybridized carbons (Fsp3) is 0.421. The van der Waals surface area contributed by atoms with E-state index in [0.717, 1.165) is 25.5 Å². The second-order valence-corrected chi connectivity index (χ2v) is 6.05. The number of aromatic nitrogens is 2. The number of ether oxygens (including phenoxy) is 1. The first kappa shape index (κ1) is 21.5. The van der Waals surface area contributed by atoms with Crippen LogP contribution in [0, 0.1) is 0 Å². The lowest BCUT2D eigenvalue weighted by atomic mass is 10.1. The van der Waals surface area contributed by atoms with Gasteiger partial charge in [0.2, 0.25) is 0 Å². The van der Waals surface area contributed by atoms with Crippen LogP contribution in [0.1, 0.15) is 59.5 Å². The highest BCUT2D eigenvalue weighted by Crippen LogP contribution is 2.34. The summed E-state index contributed by atoms with van der Waals surface area (Å²) in [5.74, 6) is -1.39. The molecule has 0 spiro atoms. The number of unbranched alkanes of at least 4 members (excludes halogenated alkanes) is 2. The highest BCUT2D eigenvalue weighted by molar-refractivity contribution is 5.94. The van der Waals surface area contributed by atoms with Crippen molar-refractivity contribution in [2.45, 2.75) is 39.3 Å². The van der Waals surface area contributed by atoms with Gasteiger partial charge in [0.1, 0.15) is 5.56 Å². The van der Waals surface area contributed by atoms with Crippen molar-refractivity contribution in [3.63, 3.8) is 0 Å². The van der Waals surface area contributed by atoms with Gasteiger partial charge < -0.3 is 10.1 Å². The van der Waals surface area contributed by atoms with E-state index in [1.54, 1.807) is 0 Å². The van der Waals surface area contributed by atoms with Gasteiger partial charge in [-0.2, -0.15) is 18.3 Å². The van der Waals surface area contributed by atoms with Crippen LogP contribution in [0.25, 0.3) is 5.69 Å². The molecule has 0 radical (unpaired) electrons. The molecule has 1 amide bonds. The summed E-state index contributed by atoms with van der Waals surface area (Å²) < 4.78 is 45.8. The number of nitrogens with zero attached hydrogens (tertiary/aromatic N) is 2. The molecular formula is C19H22F3N3O3. The standard InChI is InChI=1S/C19H22F3N3O3/c1-3-5-6-11-23-17(26)13-7-9-14(10-8-13)25-16(19(20,21)22)15(12-24-25)18(27)28-4-2/h7-10,12H,3-6,11H2,1-2H3,(H,23,26). The van der Waals surface area contributed by atoms with E-state index < -0.39 is 23.4 Å². The van der Waals surface area contributed by atoms with Crippen molar-refractivity contribution in [1.82, 2.24) is 15.1 Å². The Morgan fingerprint density at radius 3 is 2.39 bits per heavy atom. The summed E-state index contributed by atoms with van der Waals surface area (Å²) in [5, 5.41) is 6.46. The zero-order valence-corrected chi connectivity index (χ0v) is 15.7. The minimum Gasteiger partial charge on any atom is -0.462 e. The highest BCUT2D eigenvalue weighted by atomic mass is 19.4. The number of amides is 1. The van der Waals surface area contributed by atoms with Crippen molar-refractivity contribution in [2.24, 2.45) is 0 Å². The van der Waals surface area contributed by atoms with Crippen LogP contribution in [0.15, 0.2) is 30.5 Å². The average molecular weight is 397 g/mol. The molecule has 0 aliphatic rings. The van der Waals surface area contributed by atoms with E-state index in [1.165, 1.54) is 31.2 Å². The molecule has 0 saturated heterocycles. The third-order valence-electron chi connectivity index (χ3n) is 3.97. The Kier molecular flexibility index (Phi) is 7.19. The number of carbonyl (C=O) groups is 2. The Morgan fingerprint density at radius 1 is 1.14 bits per heavy atom. The molecule has 0 aliphatic heterocycles. The van der Waals surface area contributed by atoms with Gasteiger partial charge in [-0.25, -0.2) is 9.48 Å². The van der Waals surface area contributed by atoms with E-state index in [9.17, 15) is 22.8 Å². The number of hydrogen-bond acceptors (Lipinski definition) is 4. The first-order valence-corrected chi connectivity index (χ1v) is 9.00. The van der Waals surface area contributed by atoms with E-state index in [0.29, 0.717) is 16.8 Å². The van der Waals surface area contributed by atoms with Crippen molar-refractivity contribution in [3.05, 3.63) is 47.3 Å². The number of rotatable bonds is 8. The predicted molar refractivity (Wildman–Crippen MR) is 96.4 cm³/mol. The molecule has 0 atom stereocenters. The molecular weight excluding hydrogens is 375 g/mol. The van der Waals surface area contributed by atoms with Crippen molar-refractivity contribution in [2.75, 3.05) is 13.2 Å². The molecule has 1 aromatic heterocycles. The topological polar surface area (TPSA) is 73.2 Å². The lowest BCUT2D eigenvalue weighted by Gasteiger charge is -2.13. The first-order valence-electron chi connectivity index (χ1n) is 9.00. The summed E-state index contributed by atoms with van der Waals surface area (Å²) in [6, 6.07) is 5.52. The Morgan fingerprint density at radius 2 is 1.82 bits per heavy atom. The van der Waals surface area contributed by atoms with Gasteiger partial charge in [-0.1, -0.05) is 19.8 Å². The summed E-state index contributed by atoms with van der Waals surface area (Å²) in [7, 11) is 0. The lowest BCUT2D eigenvalue weighted by molar-refractivity contribution is -0.143. The van der Waals surface area contributed by atoms with Gasteiger partial charge in [-0.3, -0.25) is 4.79 Å². The Hall–Kier alpha value is -2.84. The zero-order valence-electron chi connectivity index (χ0n) is 15.7. The minimum atomic E-state index is -4.81. The van der Waals surface area contributed by atoms with E-state index in [1.807, 2.05) is 0 Å². The number of hydrogen-bond donors (Lipinski definition) is 1. The van der Waals surface area contributed by atoms with Gasteiger partial charge >= 0.3 is 12.1 Å². The summed E-state index contributed by atoms with van der Waals surface area (Å²) in [5.41, 5.74) is -1.48. The smallest absolute Gasteiger partial charge is 0.434 e. The van der Waals surface area contributed by atoms with Gasteiger partial charge in [0.15, 0.2) is 5.69 Å². The van der Waals surface area contributed by atoms with Crippen molar-refractivity contribution in [1.29, 1.82) is 0 Å². The first-order chi connectivity index (χ1) is 13.3. The minimum absolute atomic E-state index is 0.0522. The van der Waals surface area contributed by atoms with Crippen LogP contribution < -0.4 is 5.32 Å². The van der Waals surface area contributed by atoms with Crippen LogP contribution in [0.2, 0.25) is 0 Å². The molecule has 1 heterocycles. The molecule has 2 rings (SSSR count). The highest BCUT2D eigenvalue weighted by Gasteiger charge is 2.41. The van der Waals surface area contributed by atoms with Crippen LogP contribution in [-0.4, -0.2) is 34.8 Å². The van der Waals surface area contributed by atoms with E-state index in [4.69, 9.17) is 0 Å². The molecule has 2 aromatic rings. The Bertz CT molecular complexity index is 814. The number of halogens is 3. The van der Waals surface area contributed by atoms with Gasteiger partial charge in [-0.15, -0.1) is 0 Å². The van der Waals surface area contributed by atoms with Crippen LogP contribution in [0.3, 0.4) is 0 Å². The van der Waals surface area contributed by atoms with Gasteiger partial charge in [0, 0.05) is 12.1 Å².